The molecule has 76 valence electrons. The first-order valence-electron chi connectivity index (χ1n) is 4.64. The molecule has 5 heteroatoms. The topological polar surface area (TPSA) is 78.0 Å². The van der Waals surface area contributed by atoms with Crippen molar-refractivity contribution in [3.63, 3.8) is 0 Å². The quantitative estimate of drug-likeness (QED) is 0.629. The van der Waals surface area contributed by atoms with Crippen molar-refractivity contribution in [2.45, 2.75) is 12.8 Å². The van der Waals surface area contributed by atoms with E-state index in [0.717, 1.165) is 12.8 Å². The summed E-state index contributed by atoms with van der Waals surface area (Å²) in [6.07, 6.45) is 5.05. The van der Waals surface area contributed by atoms with Crippen LogP contribution in [0, 0.1) is 5.41 Å². The third-order valence-corrected chi connectivity index (χ3v) is 2.63. The van der Waals surface area contributed by atoms with Crippen molar-refractivity contribution in [3.8, 4) is 0 Å². The Morgan fingerprint density at radius 2 is 2.43 bits per heavy atom. The zero-order chi connectivity index (χ0) is 10.0. The molecule has 1 saturated carbocycles. The summed E-state index contributed by atoms with van der Waals surface area (Å²) in [6, 6.07) is 0. The molecule has 0 unspecified atom stereocenters. The Morgan fingerprint density at radius 1 is 1.64 bits per heavy atom. The zero-order valence-electron chi connectivity index (χ0n) is 7.79. The number of aliphatic hydroxyl groups excluding tert-OH is 1. The highest BCUT2D eigenvalue weighted by Crippen LogP contribution is 2.44. The third-order valence-electron chi connectivity index (χ3n) is 2.63. The van der Waals surface area contributed by atoms with Crippen molar-refractivity contribution in [2.24, 2.45) is 5.41 Å². The second kappa shape index (κ2) is 3.42. The molecule has 0 atom stereocenters. The summed E-state index contributed by atoms with van der Waals surface area (Å²) >= 11 is 0. The van der Waals surface area contributed by atoms with E-state index in [1.165, 1.54) is 12.4 Å². The molecule has 0 radical (unpaired) electrons. The normalized spacial score (nSPS) is 17.8. The highest BCUT2D eigenvalue weighted by Gasteiger charge is 2.41. The Morgan fingerprint density at radius 3 is 3.00 bits per heavy atom. The lowest BCUT2D eigenvalue weighted by atomic mass is 10.1. The van der Waals surface area contributed by atoms with Crippen molar-refractivity contribution in [3.05, 3.63) is 22.7 Å². The van der Waals surface area contributed by atoms with Gasteiger partial charge in [-0.1, -0.05) is 0 Å². The molecule has 1 aromatic rings. The summed E-state index contributed by atoms with van der Waals surface area (Å²) in [4.78, 5) is 17.6. The molecule has 1 aliphatic carbocycles. The first kappa shape index (κ1) is 9.21. The molecule has 1 fully saturated rings. The first-order chi connectivity index (χ1) is 6.76. The number of anilines is 1. The molecule has 2 rings (SSSR count). The fourth-order valence-electron chi connectivity index (χ4n) is 1.32. The standard InChI is InChI=1S/C9H13N3O2/c13-6-9(1-2-9)5-12-7-8(14)11-4-3-10-7/h3-4,13H,1-2,5-6H2,(H,10,12)(H,11,14). The van der Waals surface area contributed by atoms with Gasteiger partial charge in [0, 0.05) is 24.4 Å². The maximum Gasteiger partial charge on any atom is 0.290 e. The van der Waals surface area contributed by atoms with Crippen LogP contribution in [0.15, 0.2) is 17.2 Å². The number of nitrogens with one attached hydrogen (secondary N) is 2. The van der Waals surface area contributed by atoms with Crippen LogP contribution >= 0.6 is 0 Å². The predicted molar refractivity (Wildman–Crippen MR) is 52.1 cm³/mol. The number of H-pyrrole nitrogens is 1. The Balaban J connectivity index is 1.99. The Hall–Kier alpha value is -1.36. The van der Waals surface area contributed by atoms with Gasteiger partial charge in [0.2, 0.25) is 0 Å². The second-order valence-corrected chi connectivity index (χ2v) is 3.78. The lowest BCUT2D eigenvalue weighted by molar-refractivity contribution is 0.219. The SMILES string of the molecule is O=c1[nH]ccnc1NCC1(CO)CC1. The van der Waals surface area contributed by atoms with Crippen LogP contribution in [-0.4, -0.2) is 28.2 Å². The summed E-state index contributed by atoms with van der Waals surface area (Å²) in [6.45, 7) is 0.786. The fourth-order valence-corrected chi connectivity index (χ4v) is 1.32. The van der Waals surface area contributed by atoms with Crippen molar-refractivity contribution >= 4 is 5.82 Å². The Kier molecular flexibility index (Phi) is 2.25. The number of hydrogen-bond acceptors (Lipinski definition) is 4. The molecule has 0 spiro atoms. The van der Waals surface area contributed by atoms with Crippen LogP contribution in [0.1, 0.15) is 12.8 Å². The largest absolute Gasteiger partial charge is 0.396 e. The number of nitrogens with zero attached hydrogens (tertiary/aromatic N) is 1. The van der Waals surface area contributed by atoms with Gasteiger partial charge in [0.25, 0.3) is 5.56 Å². The molecule has 1 heterocycles. The van der Waals surface area contributed by atoms with Gasteiger partial charge in [-0.3, -0.25) is 4.79 Å². The zero-order valence-corrected chi connectivity index (χ0v) is 7.79. The van der Waals surface area contributed by atoms with Gasteiger partial charge in [-0.25, -0.2) is 4.98 Å². The van der Waals surface area contributed by atoms with Gasteiger partial charge in [0.15, 0.2) is 5.82 Å². The molecule has 0 amide bonds. The molecule has 0 saturated heterocycles. The second-order valence-electron chi connectivity index (χ2n) is 3.78. The molecular weight excluding hydrogens is 182 g/mol. The molecule has 3 N–H and O–H groups in total. The maximum atomic E-state index is 11.2. The van der Waals surface area contributed by atoms with Gasteiger partial charge in [0.05, 0.1) is 6.61 Å². The number of aromatic amines is 1. The minimum atomic E-state index is -0.221. The molecule has 0 aliphatic heterocycles. The van der Waals surface area contributed by atoms with E-state index in [2.05, 4.69) is 15.3 Å². The van der Waals surface area contributed by atoms with Crippen LogP contribution in [-0.2, 0) is 0 Å². The summed E-state index contributed by atoms with van der Waals surface area (Å²) in [5.41, 5.74) is -0.231. The van der Waals surface area contributed by atoms with Gasteiger partial charge in [-0.05, 0) is 12.8 Å². The lowest BCUT2D eigenvalue weighted by Crippen LogP contribution is -2.23. The van der Waals surface area contributed by atoms with Gasteiger partial charge in [-0.2, -0.15) is 0 Å². The Bertz CT molecular complexity index is 370. The number of aliphatic hydroxyl groups is 1. The van der Waals surface area contributed by atoms with Crippen LogP contribution in [0.3, 0.4) is 0 Å². The van der Waals surface area contributed by atoms with E-state index < -0.39 is 0 Å². The smallest absolute Gasteiger partial charge is 0.290 e. The van der Waals surface area contributed by atoms with E-state index in [1.54, 1.807) is 0 Å². The van der Waals surface area contributed by atoms with Crippen molar-refractivity contribution < 1.29 is 5.11 Å². The molecular formula is C9H13N3O2. The van der Waals surface area contributed by atoms with E-state index >= 15 is 0 Å². The molecule has 0 aromatic carbocycles. The molecule has 5 nitrogen and oxygen atoms in total. The highest BCUT2D eigenvalue weighted by molar-refractivity contribution is 5.31. The van der Waals surface area contributed by atoms with Crippen LogP contribution in [0.2, 0.25) is 0 Å². The Labute approximate surface area is 81.2 Å². The van der Waals surface area contributed by atoms with Crippen molar-refractivity contribution in [1.29, 1.82) is 0 Å². The van der Waals surface area contributed by atoms with Gasteiger partial charge >= 0.3 is 0 Å². The predicted octanol–water partition coefficient (Wildman–Crippen LogP) is -0.0457. The third kappa shape index (κ3) is 1.77. The van der Waals surface area contributed by atoms with E-state index in [-0.39, 0.29) is 17.6 Å². The minimum Gasteiger partial charge on any atom is -0.396 e. The van der Waals surface area contributed by atoms with Crippen LogP contribution in [0.25, 0.3) is 0 Å². The van der Waals surface area contributed by atoms with Gasteiger partial charge in [-0.15, -0.1) is 0 Å². The van der Waals surface area contributed by atoms with E-state index in [1.807, 2.05) is 0 Å². The van der Waals surface area contributed by atoms with Crippen molar-refractivity contribution in [1.82, 2.24) is 9.97 Å². The summed E-state index contributed by atoms with van der Waals surface area (Å²) in [5, 5.41) is 12.0. The van der Waals surface area contributed by atoms with E-state index in [4.69, 9.17) is 5.11 Å². The maximum absolute atomic E-state index is 11.2. The summed E-state index contributed by atoms with van der Waals surface area (Å²) in [5.74, 6) is 0.326. The van der Waals surface area contributed by atoms with Crippen LogP contribution < -0.4 is 10.9 Å². The average molecular weight is 195 g/mol. The number of rotatable bonds is 4. The van der Waals surface area contributed by atoms with Gasteiger partial charge in [0.1, 0.15) is 0 Å². The fraction of sp³-hybridized carbons (Fsp3) is 0.556. The molecule has 14 heavy (non-hydrogen) atoms. The molecule has 1 aromatic heterocycles. The summed E-state index contributed by atoms with van der Waals surface area (Å²) < 4.78 is 0. The minimum absolute atomic E-state index is 0.00996. The van der Waals surface area contributed by atoms with Crippen LogP contribution in [0.5, 0.6) is 0 Å². The number of hydrogen-bond donors (Lipinski definition) is 3. The number of aromatic nitrogens is 2. The van der Waals surface area contributed by atoms with Gasteiger partial charge < -0.3 is 15.4 Å². The lowest BCUT2D eigenvalue weighted by Gasteiger charge is -2.11. The molecule has 0 bridgehead atoms. The summed E-state index contributed by atoms with van der Waals surface area (Å²) in [7, 11) is 0. The highest BCUT2D eigenvalue weighted by atomic mass is 16.3. The van der Waals surface area contributed by atoms with Crippen LogP contribution in [0.4, 0.5) is 5.82 Å². The molecule has 1 aliphatic rings. The first-order valence-corrected chi connectivity index (χ1v) is 4.64. The average Bonchev–Trinajstić information content (AvgIpc) is 2.98. The van der Waals surface area contributed by atoms with E-state index in [0.29, 0.717) is 12.4 Å². The van der Waals surface area contributed by atoms with Crippen molar-refractivity contribution in [2.75, 3.05) is 18.5 Å². The van der Waals surface area contributed by atoms with E-state index in [9.17, 15) is 4.79 Å². The monoisotopic (exact) mass is 195 g/mol.